The Bertz CT molecular complexity index is 520. The minimum absolute atomic E-state index is 0.0260. The number of likely N-dealkylation sites (tertiary alicyclic amines) is 1. The molecule has 0 aromatic carbocycles. The fraction of sp³-hybridized carbons (Fsp3) is 0.714. The molecule has 0 bridgehead atoms. The van der Waals surface area contributed by atoms with Crippen molar-refractivity contribution in [3.05, 3.63) is 11.4 Å². The molecule has 2 rings (SSSR count). The molecule has 0 radical (unpaired) electrons. The Kier molecular flexibility index (Phi) is 4.93. The Morgan fingerprint density at radius 2 is 1.95 bits per heavy atom. The molecule has 1 fully saturated rings. The number of ether oxygens (including phenoxy) is 1. The van der Waals surface area contributed by atoms with E-state index in [0.29, 0.717) is 5.69 Å². The highest BCUT2D eigenvalue weighted by molar-refractivity contribution is 5.88. The molecular weight excluding hydrogens is 272 g/mol. The first kappa shape index (κ1) is 15.5. The van der Waals surface area contributed by atoms with Gasteiger partial charge in [-0.2, -0.15) is 0 Å². The summed E-state index contributed by atoms with van der Waals surface area (Å²) in [6, 6.07) is -0.459. The molecule has 116 valence electrons. The zero-order valence-corrected chi connectivity index (χ0v) is 12.8. The van der Waals surface area contributed by atoms with E-state index in [9.17, 15) is 9.59 Å². The van der Waals surface area contributed by atoms with E-state index in [4.69, 9.17) is 4.74 Å². The summed E-state index contributed by atoms with van der Waals surface area (Å²) in [4.78, 5) is 26.1. The molecule has 21 heavy (non-hydrogen) atoms. The number of carbonyl (C=O) groups is 2. The van der Waals surface area contributed by atoms with Crippen LogP contribution in [0, 0.1) is 6.92 Å². The minimum atomic E-state index is -0.501. The minimum Gasteiger partial charge on any atom is -0.461 e. The van der Waals surface area contributed by atoms with Gasteiger partial charge in [0.15, 0.2) is 5.69 Å². The van der Waals surface area contributed by atoms with Gasteiger partial charge in [0.2, 0.25) is 5.91 Å². The first-order chi connectivity index (χ1) is 10.1. The van der Waals surface area contributed by atoms with Gasteiger partial charge in [-0.1, -0.05) is 5.21 Å². The number of nitrogens with zero attached hydrogens (tertiary/aromatic N) is 4. The molecule has 0 spiro atoms. The van der Waals surface area contributed by atoms with Crippen LogP contribution < -0.4 is 0 Å². The number of hydrogen-bond acceptors (Lipinski definition) is 5. The number of piperidine rings is 1. The summed E-state index contributed by atoms with van der Waals surface area (Å²) in [6.45, 7) is 7.12. The highest BCUT2D eigenvalue weighted by Gasteiger charge is 2.27. The predicted molar refractivity (Wildman–Crippen MR) is 75.9 cm³/mol. The number of amides is 1. The van der Waals surface area contributed by atoms with Gasteiger partial charge in [0.05, 0.1) is 12.3 Å². The van der Waals surface area contributed by atoms with Gasteiger partial charge in [-0.15, -0.1) is 5.10 Å². The zero-order chi connectivity index (χ0) is 15.4. The van der Waals surface area contributed by atoms with Gasteiger partial charge in [0.25, 0.3) is 0 Å². The van der Waals surface area contributed by atoms with Crippen LogP contribution in [0.15, 0.2) is 0 Å². The Morgan fingerprint density at radius 3 is 2.57 bits per heavy atom. The van der Waals surface area contributed by atoms with Crippen LogP contribution in [0.3, 0.4) is 0 Å². The van der Waals surface area contributed by atoms with Crippen molar-refractivity contribution in [1.29, 1.82) is 0 Å². The second kappa shape index (κ2) is 6.69. The summed E-state index contributed by atoms with van der Waals surface area (Å²) in [7, 11) is 0. The third-order valence-corrected chi connectivity index (χ3v) is 3.79. The number of aromatic nitrogens is 3. The van der Waals surface area contributed by atoms with Gasteiger partial charge in [-0.05, 0) is 40.0 Å². The first-order valence-electron chi connectivity index (χ1n) is 7.44. The van der Waals surface area contributed by atoms with Crippen LogP contribution in [-0.4, -0.2) is 51.5 Å². The molecule has 2 heterocycles. The molecule has 7 heteroatoms. The predicted octanol–water partition coefficient (Wildman–Crippen LogP) is 1.34. The summed E-state index contributed by atoms with van der Waals surface area (Å²) >= 11 is 0. The van der Waals surface area contributed by atoms with Crippen LogP contribution >= 0.6 is 0 Å². The van der Waals surface area contributed by atoms with E-state index < -0.39 is 12.0 Å². The first-order valence-corrected chi connectivity index (χ1v) is 7.44. The maximum absolute atomic E-state index is 12.5. The third-order valence-electron chi connectivity index (χ3n) is 3.79. The maximum Gasteiger partial charge on any atom is 0.360 e. The SMILES string of the molecule is CCOC(=O)c1nnn(C(C)C(=O)N2CCCCC2)c1C. The van der Waals surface area contributed by atoms with E-state index in [1.165, 1.54) is 11.1 Å². The molecule has 1 aromatic heterocycles. The smallest absolute Gasteiger partial charge is 0.360 e. The molecular formula is C14H22N4O3. The molecule has 1 aromatic rings. The summed E-state index contributed by atoms with van der Waals surface area (Å²) in [5.41, 5.74) is 0.737. The van der Waals surface area contributed by atoms with Crippen molar-refractivity contribution in [2.24, 2.45) is 0 Å². The van der Waals surface area contributed by atoms with E-state index in [1.807, 2.05) is 4.90 Å². The van der Waals surface area contributed by atoms with Crippen molar-refractivity contribution in [1.82, 2.24) is 19.9 Å². The quantitative estimate of drug-likeness (QED) is 0.783. The van der Waals surface area contributed by atoms with Crippen LogP contribution in [-0.2, 0) is 9.53 Å². The topological polar surface area (TPSA) is 77.3 Å². The molecule has 7 nitrogen and oxygen atoms in total. The van der Waals surface area contributed by atoms with Crippen LogP contribution in [0.25, 0.3) is 0 Å². The number of rotatable bonds is 4. The lowest BCUT2D eigenvalue weighted by Crippen LogP contribution is -2.40. The van der Waals surface area contributed by atoms with Crippen molar-refractivity contribution in [3.63, 3.8) is 0 Å². The lowest BCUT2D eigenvalue weighted by Gasteiger charge is -2.29. The number of hydrogen-bond donors (Lipinski definition) is 0. The normalized spacial score (nSPS) is 16.6. The van der Waals surface area contributed by atoms with Crippen molar-refractivity contribution in [2.75, 3.05) is 19.7 Å². The fourth-order valence-corrected chi connectivity index (χ4v) is 2.58. The third kappa shape index (κ3) is 3.22. The molecule has 0 saturated carbocycles. The molecule has 1 aliphatic heterocycles. The van der Waals surface area contributed by atoms with Gasteiger partial charge in [0, 0.05) is 13.1 Å². The summed E-state index contributed by atoms with van der Waals surface area (Å²) in [6.07, 6.45) is 3.26. The van der Waals surface area contributed by atoms with Gasteiger partial charge in [0.1, 0.15) is 6.04 Å². The van der Waals surface area contributed by atoms with E-state index in [2.05, 4.69) is 10.3 Å². The Hall–Kier alpha value is -1.92. The standard InChI is InChI=1S/C14H22N4O3/c1-4-21-14(20)12-10(2)18(16-15-12)11(3)13(19)17-8-6-5-7-9-17/h11H,4-9H2,1-3H3. The average Bonchev–Trinajstić information content (AvgIpc) is 2.88. The maximum atomic E-state index is 12.5. The van der Waals surface area contributed by atoms with Crippen LogP contribution in [0.4, 0.5) is 0 Å². The molecule has 1 amide bonds. The lowest BCUT2D eigenvalue weighted by molar-refractivity contribution is -0.135. The Morgan fingerprint density at radius 1 is 1.29 bits per heavy atom. The number of carbonyl (C=O) groups excluding carboxylic acids is 2. The summed E-state index contributed by atoms with van der Waals surface area (Å²) in [5, 5.41) is 7.80. The van der Waals surface area contributed by atoms with E-state index in [0.717, 1.165) is 25.9 Å². The molecule has 0 N–H and O–H groups in total. The van der Waals surface area contributed by atoms with Crippen LogP contribution in [0.1, 0.15) is 55.3 Å². The Balaban J connectivity index is 2.13. The Labute approximate surface area is 124 Å². The van der Waals surface area contributed by atoms with Crippen molar-refractivity contribution < 1.29 is 14.3 Å². The monoisotopic (exact) mass is 294 g/mol. The second-order valence-corrected chi connectivity index (χ2v) is 5.25. The van der Waals surface area contributed by atoms with Gasteiger partial charge >= 0.3 is 5.97 Å². The molecule has 1 aliphatic rings. The molecule has 1 unspecified atom stereocenters. The fourth-order valence-electron chi connectivity index (χ4n) is 2.58. The van der Waals surface area contributed by atoms with Crippen molar-refractivity contribution in [2.45, 2.75) is 46.1 Å². The van der Waals surface area contributed by atoms with Crippen LogP contribution in [0.2, 0.25) is 0 Å². The van der Waals surface area contributed by atoms with Gasteiger partial charge in [-0.3, -0.25) is 4.79 Å². The molecule has 1 saturated heterocycles. The summed E-state index contributed by atoms with van der Waals surface area (Å²) in [5.74, 6) is -0.475. The van der Waals surface area contributed by atoms with Gasteiger partial charge < -0.3 is 9.64 Å². The van der Waals surface area contributed by atoms with E-state index in [1.54, 1.807) is 20.8 Å². The van der Waals surface area contributed by atoms with Gasteiger partial charge in [-0.25, -0.2) is 9.48 Å². The lowest BCUT2D eigenvalue weighted by atomic mass is 10.1. The molecule has 1 atom stereocenters. The van der Waals surface area contributed by atoms with Crippen molar-refractivity contribution >= 4 is 11.9 Å². The highest BCUT2D eigenvalue weighted by Crippen LogP contribution is 2.17. The van der Waals surface area contributed by atoms with Crippen molar-refractivity contribution in [3.8, 4) is 0 Å². The van der Waals surface area contributed by atoms with E-state index >= 15 is 0 Å². The van der Waals surface area contributed by atoms with Crippen LogP contribution in [0.5, 0.6) is 0 Å². The average molecular weight is 294 g/mol. The van der Waals surface area contributed by atoms with E-state index in [-0.39, 0.29) is 18.2 Å². The number of esters is 1. The highest BCUT2D eigenvalue weighted by atomic mass is 16.5. The zero-order valence-electron chi connectivity index (χ0n) is 12.8. The largest absolute Gasteiger partial charge is 0.461 e. The second-order valence-electron chi connectivity index (χ2n) is 5.25. The summed E-state index contributed by atoms with van der Waals surface area (Å²) < 4.78 is 6.43. The molecule has 0 aliphatic carbocycles.